The number of nitrogens with two attached hydrogens (primary N) is 1. The van der Waals surface area contributed by atoms with Gasteiger partial charge in [0.2, 0.25) is 0 Å². The number of piperidine rings is 1. The average Bonchev–Trinajstić information content (AvgIpc) is 2.38. The van der Waals surface area contributed by atoms with Gasteiger partial charge in [-0.1, -0.05) is 6.42 Å². The molecule has 124 valence electrons. The molecule has 1 aliphatic rings. The van der Waals surface area contributed by atoms with Crippen molar-refractivity contribution in [2.75, 3.05) is 20.6 Å². The van der Waals surface area contributed by atoms with Crippen LogP contribution < -0.4 is 11.1 Å². The lowest BCUT2D eigenvalue weighted by Crippen LogP contribution is -2.29. The van der Waals surface area contributed by atoms with Gasteiger partial charge in [0.25, 0.3) is 0 Å². The van der Waals surface area contributed by atoms with Gasteiger partial charge >= 0.3 is 0 Å². The number of nitrogens with zero attached hydrogens (tertiary/aromatic N) is 3. The van der Waals surface area contributed by atoms with E-state index in [0.29, 0.717) is 12.6 Å². The molecule has 0 bridgehead atoms. The standard InChI is InChI=1S/C13H23N5.3ClH/c1-18(2)9-11-7-10(8-14)16-13(17-11)12-5-3-4-6-15-12;;;/h7,12,15H,3-6,8-9,14H2,1-2H3;3*1H. The number of aromatic nitrogens is 2. The van der Waals surface area contributed by atoms with Crippen molar-refractivity contribution in [2.24, 2.45) is 5.73 Å². The maximum Gasteiger partial charge on any atom is 0.145 e. The molecule has 0 aliphatic carbocycles. The van der Waals surface area contributed by atoms with Crippen LogP contribution in [0, 0.1) is 0 Å². The number of rotatable bonds is 4. The summed E-state index contributed by atoms with van der Waals surface area (Å²) in [5, 5.41) is 3.49. The molecule has 1 atom stereocenters. The number of nitrogens with one attached hydrogen (secondary N) is 1. The lowest BCUT2D eigenvalue weighted by atomic mass is 10.0. The van der Waals surface area contributed by atoms with E-state index in [1.54, 1.807) is 0 Å². The summed E-state index contributed by atoms with van der Waals surface area (Å²) < 4.78 is 0. The molecule has 1 unspecified atom stereocenters. The summed E-state index contributed by atoms with van der Waals surface area (Å²) in [4.78, 5) is 11.4. The Bertz CT molecular complexity index is 397. The van der Waals surface area contributed by atoms with Gasteiger partial charge in [-0.25, -0.2) is 9.97 Å². The molecule has 1 aromatic rings. The predicted octanol–water partition coefficient (Wildman–Crippen LogP) is 2.08. The third kappa shape index (κ3) is 7.08. The van der Waals surface area contributed by atoms with Crippen LogP contribution in [0.1, 0.15) is 42.5 Å². The van der Waals surface area contributed by atoms with Crippen LogP contribution in [-0.2, 0) is 13.1 Å². The molecule has 0 radical (unpaired) electrons. The Morgan fingerprint density at radius 2 is 1.86 bits per heavy atom. The Kier molecular flexibility index (Phi) is 12.5. The third-order valence-corrected chi connectivity index (χ3v) is 3.16. The molecule has 3 N–H and O–H groups in total. The first kappa shape index (κ1) is 23.1. The minimum absolute atomic E-state index is 0. The van der Waals surface area contributed by atoms with E-state index in [4.69, 9.17) is 5.73 Å². The van der Waals surface area contributed by atoms with E-state index < -0.39 is 0 Å². The second-order valence-corrected chi connectivity index (χ2v) is 5.15. The van der Waals surface area contributed by atoms with Crippen LogP contribution in [0.5, 0.6) is 0 Å². The second-order valence-electron chi connectivity index (χ2n) is 5.15. The zero-order chi connectivity index (χ0) is 13.0. The fourth-order valence-corrected chi connectivity index (χ4v) is 2.31. The van der Waals surface area contributed by atoms with E-state index in [0.717, 1.165) is 36.7 Å². The number of hydrogen-bond acceptors (Lipinski definition) is 5. The fourth-order valence-electron chi connectivity index (χ4n) is 2.31. The molecule has 21 heavy (non-hydrogen) atoms. The van der Waals surface area contributed by atoms with E-state index in [-0.39, 0.29) is 37.2 Å². The monoisotopic (exact) mass is 357 g/mol. The fraction of sp³-hybridized carbons (Fsp3) is 0.692. The summed E-state index contributed by atoms with van der Waals surface area (Å²) in [6.07, 6.45) is 3.62. The maximum atomic E-state index is 5.72. The highest BCUT2D eigenvalue weighted by molar-refractivity contribution is 5.86. The highest BCUT2D eigenvalue weighted by Gasteiger charge is 2.18. The predicted molar refractivity (Wildman–Crippen MR) is 93.7 cm³/mol. The van der Waals surface area contributed by atoms with Gasteiger partial charge in [0, 0.05) is 13.1 Å². The van der Waals surface area contributed by atoms with Crippen molar-refractivity contribution in [3.05, 3.63) is 23.3 Å². The van der Waals surface area contributed by atoms with Crippen LogP contribution in [0.25, 0.3) is 0 Å². The Balaban J connectivity index is 0. The Morgan fingerprint density at radius 3 is 2.38 bits per heavy atom. The smallest absolute Gasteiger partial charge is 0.145 e. The van der Waals surface area contributed by atoms with Gasteiger partial charge in [-0.15, -0.1) is 37.2 Å². The highest BCUT2D eigenvalue weighted by atomic mass is 35.5. The van der Waals surface area contributed by atoms with Crippen LogP contribution in [0.3, 0.4) is 0 Å². The van der Waals surface area contributed by atoms with E-state index >= 15 is 0 Å². The second kappa shape index (κ2) is 11.4. The molecule has 0 amide bonds. The van der Waals surface area contributed by atoms with Crippen molar-refractivity contribution < 1.29 is 0 Å². The van der Waals surface area contributed by atoms with Crippen LogP contribution in [0.15, 0.2) is 6.07 Å². The summed E-state index contributed by atoms with van der Waals surface area (Å²) in [6.45, 7) is 2.36. The van der Waals surface area contributed by atoms with Crippen LogP contribution in [0.2, 0.25) is 0 Å². The average molecular weight is 359 g/mol. The summed E-state index contributed by atoms with van der Waals surface area (Å²) in [6, 6.07) is 2.30. The van der Waals surface area contributed by atoms with Gasteiger partial charge < -0.3 is 16.0 Å². The third-order valence-electron chi connectivity index (χ3n) is 3.16. The van der Waals surface area contributed by atoms with E-state index in [2.05, 4.69) is 20.2 Å². The van der Waals surface area contributed by atoms with Gasteiger partial charge in [0.15, 0.2) is 0 Å². The van der Waals surface area contributed by atoms with Crippen LogP contribution >= 0.6 is 37.2 Å². The van der Waals surface area contributed by atoms with Gasteiger partial charge in [0.1, 0.15) is 5.82 Å². The maximum absolute atomic E-state index is 5.72. The quantitative estimate of drug-likeness (QED) is 0.862. The first-order valence-electron chi connectivity index (χ1n) is 6.64. The van der Waals surface area contributed by atoms with Gasteiger partial charge in [-0.2, -0.15) is 0 Å². The van der Waals surface area contributed by atoms with Crippen LogP contribution in [-0.4, -0.2) is 35.5 Å². The van der Waals surface area contributed by atoms with E-state index in [9.17, 15) is 0 Å². The normalized spacial score (nSPS) is 17.4. The molecule has 5 nitrogen and oxygen atoms in total. The molecule has 0 spiro atoms. The molecule has 1 saturated heterocycles. The Morgan fingerprint density at radius 1 is 1.19 bits per heavy atom. The molecule has 1 fully saturated rings. The number of hydrogen-bond donors (Lipinski definition) is 2. The SMILES string of the molecule is CN(C)Cc1cc(CN)nc(C2CCCCN2)n1.Cl.Cl.Cl. The van der Waals surface area contributed by atoms with Crippen LogP contribution in [0.4, 0.5) is 0 Å². The van der Waals surface area contributed by atoms with Crippen molar-refractivity contribution in [1.82, 2.24) is 20.2 Å². The summed E-state index contributed by atoms with van der Waals surface area (Å²) >= 11 is 0. The summed E-state index contributed by atoms with van der Waals surface area (Å²) in [5.74, 6) is 0.912. The molecule has 1 aliphatic heterocycles. The van der Waals surface area contributed by atoms with Crippen molar-refractivity contribution in [3.8, 4) is 0 Å². The lowest BCUT2D eigenvalue weighted by Gasteiger charge is -2.23. The summed E-state index contributed by atoms with van der Waals surface area (Å²) in [7, 11) is 4.09. The van der Waals surface area contributed by atoms with Crippen molar-refractivity contribution in [3.63, 3.8) is 0 Å². The van der Waals surface area contributed by atoms with Crippen molar-refractivity contribution in [2.45, 2.75) is 38.4 Å². The Labute approximate surface area is 145 Å². The lowest BCUT2D eigenvalue weighted by molar-refractivity contribution is 0.380. The minimum Gasteiger partial charge on any atom is -0.325 e. The first-order valence-corrected chi connectivity index (χ1v) is 6.64. The Hall–Kier alpha value is -0.170. The molecular formula is C13H26Cl3N5. The number of halogens is 3. The molecule has 2 heterocycles. The molecule has 8 heteroatoms. The summed E-state index contributed by atoms with van der Waals surface area (Å²) in [5.41, 5.74) is 7.71. The highest BCUT2D eigenvalue weighted by Crippen LogP contribution is 2.20. The van der Waals surface area contributed by atoms with Crippen molar-refractivity contribution in [1.29, 1.82) is 0 Å². The minimum atomic E-state index is 0. The van der Waals surface area contributed by atoms with E-state index in [1.807, 2.05) is 20.2 Å². The zero-order valence-corrected chi connectivity index (χ0v) is 15.0. The topological polar surface area (TPSA) is 67.1 Å². The van der Waals surface area contributed by atoms with Gasteiger partial charge in [0.05, 0.1) is 17.4 Å². The van der Waals surface area contributed by atoms with Gasteiger partial charge in [-0.3, -0.25) is 0 Å². The van der Waals surface area contributed by atoms with Gasteiger partial charge in [-0.05, 0) is 39.5 Å². The van der Waals surface area contributed by atoms with Crippen molar-refractivity contribution >= 4 is 37.2 Å². The largest absolute Gasteiger partial charge is 0.325 e. The van der Waals surface area contributed by atoms with E-state index in [1.165, 1.54) is 12.8 Å². The zero-order valence-electron chi connectivity index (χ0n) is 12.5. The molecule has 0 saturated carbocycles. The first-order chi connectivity index (χ1) is 8.69. The molecule has 2 rings (SSSR count). The molecule has 1 aromatic heterocycles. The molecular weight excluding hydrogens is 333 g/mol. The molecule has 0 aromatic carbocycles.